The van der Waals surface area contributed by atoms with Crippen molar-refractivity contribution in [1.29, 1.82) is 0 Å². The van der Waals surface area contributed by atoms with Gasteiger partial charge in [-0.15, -0.1) is 11.6 Å². The van der Waals surface area contributed by atoms with E-state index in [1.807, 2.05) is 25.1 Å². The summed E-state index contributed by atoms with van der Waals surface area (Å²) in [7, 11) is 0. The molecule has 0 aliphatic heterocycles. The largest absolute Gasteiger partial charge is 0.357 e. The van der Waals surface area contributed by atoms with Crippen LogP contribution in [0.25, 0.3) is 22.6 Å². The predicted octanol–water partition coefficient (Wildman–Crippen LogP) is 2.36. The molecule has 3 aromatic rings. The van der Waals surface area contributed by atoms with Gasteiger partial charge < -0.3 is 9.97 Å². The summed E-state index contributed by atoms with van der Waals surface area (Å²) in [5.41, 5.74) is 3.76. The average molecular weight is 275 g/mol. The minimum atomic E-state index is -0.229. The van der Waals surface area contributed by atoms with Crippen molar-refractivity contribution in [2.24, 2.45) is 0 Å². The molecule has 0 saturated heterocycles. The topological polar surface area (TPSA) is 74.4 Å². The molecule has 3 rings (SSSR count). The molecule has 0 spiro atoms. The number of nitrogens with one attached hydrogen (secondary N) is 2. The van der Waals surface area contributed by atoms with Gasteiger partial charge in [0, 0.05) is 11.8 Å². The maximum absolute atomic E-state index is 11.5. The lowest BCUT2D eigenvalue weighted by Gasteiger charge is -2.02. The maximum Gasteiger partial charge on any atom is 0.251 e. The number of hydrogen-bond acceptors (Lipinski definition) is 3. The maximum atomic E-state index is 11.5. The molecular formula is C13H11ClN4O. The van der Waals surface area contributed by atoms with Crippen molar-refractivity contribution >= 4 is 22.6 Å². The van der Waals surface area contributed by atoms with E-state index in [0.717, 1.165) is 16.7 Å². The van der Waals surface area contributed by atoms with Crippen LogP contribution in [0.15, 0.2) is 29.1 Å². The Morgan fingerprint density at radius 3 is 2.84 bits per heavy atom. The molecule has 5 nitrogen and oxygen atoms in total. The second-order valence-electron chi connectivity index (χ2n) is 4.30. The number of aromatic amines is 2. The van der Waals surface area contributed by atoms with E-state index in [1.165, 1.54) is 6.07 Å². The number of aryl methyl sites for hydroxylation is 1. The first-order valence-electron chi connectivity index (χ1n) is 5.78. The van der Waals surface area contributed by atoms with Crippen molar-refractivity contribution < 1.29 is 0 Å². The van der Waals surface area contributed by atoms with Gasteiger partial charge in [0.05, 0.1) is 22.6 Å². The third-order valence-corrected chi connectivity index (χ3v) is 3.06. The molecule has 0 saturated carbocycles. The Morgan fingerprint density at radius 2 is 2.05 bits per heavy atom. The molecule has 0 fully saturated rings. The molecule has 96 valence electrons. The number of alkyl halides is 1. The van der Waals surface area contributed by atoms with E-state index < -0.39 is 0 Å². The number of hydrogen-bond donors (Lipinski definition) is 2. The van der Waals surface area contributed by atoms with Crippen LogP contribution in [0, 0.1) is 6.92 Å². The summed E-state index contributed by atoms with van der Waals surface area (Å²) in [5, 5.41) is 0. The fourth-order valence-corrected chi connectivity index (χ4v) is 2.11. The van der Waals surface area contributed by atoms with Crippen molar-refractivity contribution in [2.75, 3.05) is 0 Å². The van der Waals surface area contributed by atoms with Crippen molar-refractivity contribution in [1.82, 2.24) is 19.9 Å². The van der Waals surface area contributed by atoms with Gasteiger partial charge in [0.25, 0.3) is 5.56 Å². The summed E-state index contributed by atoms with van der Waals surface area (Å²) in [5.74, 6) is 0.631. The van der Waals surface area contributed by atoms with Crippen LogP contribution >= 0.6 is 11.6 Å². The number of fused-ring (bicyclic) bond motifs is 1. The zero-order chi connectivity index (χ0) is 13.4. The Labute approximate surface area is 113 Å². The van der Waals surface area contributed by atoms with Gasteiger partial charge in [-0.2, -0.15) is 0 Å². The van der Waals surface area contributed by atoms with Gasteiger partial charge in [-0.1, -0.05) is 0 Å². The van der Waals surface area contributed by atoms with E-state index in [0.29, 0.717) is 17.2 Å². The van der Waals surface area contributed by atoms with Crippen LogP contribution < -0.4 is 5.56 Å². The summed E-state index contributed by atoms with van der Waals surface area (Å²) in [6.07, 6.45) is 0. The lowest BCUT2D eigenvalue weighted by molar-refractivity contribution is 1.05. The van der Waals surface area contributed by atoms with Crippen molar-refractivity contribution in [3.8, 4) is 11.5 Å². The smallest absolute Gasteiger partial charge is 0.251 e. The van der Waals surface area contributed by atoms with E-state index in [1.54, 1.807) is 0 Å². The van der Waals surface area contributed by atoms with Gasteiger partial charge in [0.15, 0.2) is 5.82 Å². The second kappa shape index (κ2) is 4.51. The van der Waals surface area contributed by atoms with Crippen LogP contribution in [0.1, 0.15) is 11.4 Å². The van der Waals surface area contributed by atoms with Crippen molar-refractivity contribution in [2.45, 2.75) is 12.8 Å². The SMILES string of the molecule is Cc1cc2nc(-c3nc(CCl)cc(=O)[nH]3)ccc2[nH]1. The molecule has 19 heavy (non-hydrogen) atoms. The van der Waals surface area contributed by atoms with E-state index in [-0.39, 0.29) is 11.4 Å². The van der Waals surface area contributed by atoms with Gasteiger partial charge >= 0.3 is 0 Å². The normalized spacial score (nSPS) is 11.1. The second-order valence-corrected chi connectivity index (χ2v) is 4.57. The van der Waals surface area contributed by atoms with Crippen LogP contribution in [0.4, 0.5) is 0 Å². The fraction of sp³-hybridized carbons (Fsp3) is 0.154. The Balaban J connectivity index is 2.17. The molecule has 3 aromatic heterocycles. The zero-order valence-corrected chi connectivity index (χ0v) is 11.0. The van der Waals surface area contributed by atoms with E-state index in [9.17, 15) is 4.79 Å². The van der Waals surface area contributed by atoms with Crippen LogP contribution in [-0.4, -0.2) is 19.9 Å². The molecule has 6 heteroatoms. The average Bonchev–Trinajstić information content (AvgIpc) is 2.76. The Kier molecular flexibility index (Phi) is 2.83. The molecule has 0 amide bonds. The fourth-order valence-electron chi connectivity index (χ4n) is 1.97. The van der Waals surface area contributed by atoms with Crippen LogP contribution in [-0.2, 0) is 5.88 Å². The lowest BCUT2D eigenvalue weighted by atomic mass is 10.3. The zero-order valence-electron chi connectivity index (χ0n) is 10.2. The standard InChI is InChI=1S/C13H11ClN4O/c1-7-4-11-9(15-7)2-3-10(17-11)13-16-8(6-14)5-12(19)18-13/h2-5,15H,6H2,1H3,(H,16,18,19). The first kappa shape index (κ1) is 11.9. The minimum absolute atomic E-state index is 0.197. The Hall–Kier alpha value is -2.14. The number of nitrogens with zero attached hydrogens (tertiary/aromatic N) is 2. The molecule has 0 aromatic carbocycles. The summed E-state index contributed by atoms with van der Waals surface area (Å²) in [6.45, 7) is 1.97. The molecule has 0 aliphatic rings. The predicted molar refractivity (Wildman–Crippen MR) is 74.2 cm³/mol. The number of halogens is 1. The van der Waals surface area contributed by atoms with Gasteiger partial charge in [-0.25, -0.2) is 9.97 Å². The van der Waals surface area contributed by atoms with E-state index >= 15 is 0 Å². The molecule has 0 atom stereocenters. The summed E-state index contributed by atoms with van der Waals surface area (Å²) in [4.78, 5) is 26.1. The number of aromatic nitrogens is 4. The molecule has 0 radical (unpaired) electrons. The van der Waals surface area contributed by atoms with Crippen LogP contribution in [0.3, 0.4) is 0 Å². The molecule has 0 aliphatic carbocycles. The van der Waals surface area contributed by atoms with E-state index in [2.05, 4.69) is 19.9 Å². The van der Waals surface area contributed by atoms with Gasteiger partial charge in [-0.3, -0.25) is 4.79 Å². The molecule has 0 bridgehead atoms. The highest BCUT2D eigenvalue weighted by Crippen LogP contribution is 2.18. The van der Waals surface area contributed by atoms with E-state index in [4.69, 9.17) is 11.6 Å². The molecule has 2 N–H and O–H groups in total. The van der Waals surface area contributed by atoms with Crippen LogP contribution in [0.5, 0.6) is 0 Å². The van der Waals surface area contributed by atoms with Crippen LogP contribution in [0.2, 0.25) is 0 Å². The highest BCUT2D eigenvalue weighted by Gasteiger charge is 2.07. The third-order valence-electron chi connectivity index (χ3n) is 2.78. The third kappa shape index (κ3) is 2.24. The van der Waals surface area contributed by atoms with Gasteiger partial charge in [-0.05, 0) is 25.1 Å². The first-order valence-corrected chi connectivity index (χ1v) is 6.32. The number of H-pyrrole nitrogens is 2. The van der Waals surface area contributed by atoms with Crippen molar-refractivity contribution in [3.63, 3.8) is 0 Å². The quantitative estimate of drug-likeness (QED) is 0.705. The summed E-state index contributed by atoms with van der Waals surface area (Å²) in [6, 6.07) is 7.06. The van der Waals surface area contributed by atoms with Gasteiger partial charge in [0.2, 0.25) is 0 Å². The lowest BCUT2D eigenvalue weighted by Crippen LogP contribution is -2.10. The molecule has 0 unspecified atom stereocenters. The highest BCUT2D eigenvalue weighted by molar-refractivity contribution is 6.16. The number of pyridine rings is 1. The Bertz CT molecular complexity index is 806. The summed E-state index contributed by atoms with van der Waals surface area (Å²) < 4.78 is 0. The van der Waals surface area contributed by atoms with Crippen molar-refractivity contribution in [3.05, 3.63) is 46.0 Å². The molecule has 3 heterocycles. The highest BCUT2D eigenvalue weighted by atomic mass is 35.5. The van der Waals surface area contributed by atoms with Gasteiger partial charge in [0.1, 0.15) is 5.69 Å². The Morgan fingerprint density at radius 1 is 1.21 bits per heavy atom. The monoisotopic (exact) mass is 274 g/mol. The number of rotatable bonds is 2. The minimum Gasteiger partial charge on any atom is -0.357 e. The summed E-state index contributed by atoms with van der Waals surface area (Å²) >= 11 is 5.72. The molecular weight excluding hydrogens is 264 g/mol. The first-order chi connectivity index (χ1) is 9.15.